The molecule has 0 saturated carbocycles. The second-order valence-electron chi connectivity index (χ2n) is 2.35. The molecule has 0 amide bonds. The first-order chi connectivity index (χ1) is 5.33. The fourth-order valence-corrected chi connectivity index (χ4v) is 0.894. The molecule has 0 aliphatic heterocycles. The molecule has 1 heteroatoms. The van der Waals surface area contributed by atoms with E-state index in [4.69, 9.17) is 5.73 Å². The van der Waals surface area contributed by atoms with Crippen molar-refractivity contribution >= 4 is 5.69 Å². The highest BCUT2D eigenvalue weighted by atomic mass is 14.5. The Morgan fingerprint density at radius 2 is 2.27 bits per heavy atom. The van der Waals surface area contributed by atoms with Crippen molar-refractivity contribution in [2.24, 2.45) is 0 Å². The van der Waals surface area contributed by atoms with Crippen molar-refractivity contribution < 1.29 is 0 Å². The monoisotopic (exact) mass is 145 g/mol. The smallest absolute Gasteiger partial charge is 0.0341 e. The summed E-state index contributed by atoms with van der Waals surface area (Å²) in [6, 6.07) is 7.80. The highest BCUT2D eigenvalue weighted by Gasteiger charge is 1.88. The van der Waals surface area contributed by atoms with Crippen molar-refractivity contribution in [2.45, 2.75) is 13.3 Å². The second kappa shape index (κ2) is 3.68. The van der Waals surface area contributed by atoms with Crippen LogP contribution in [0.2, 0.25) is 0 Å². The molecule has 1 aromatic carbocycles. The van der Waals surface area contributed by atoms with Gasteiger partial charge in [0.25, 0.3) is 0 Å². The van der Waals surface area contributed by atoms with E-state index in [1.165, 1.54) is 5.56 Å². The van der Waals surface area contributed by atoms with Crippen molar-refractivity contribution in [2.75, 3.05) is 5.73 Å². The molecule has 0 atom stereocenters. The topological polar surface area (TPSA) is 26.0 Å². The molecule has 1 nitrogen and oxygen atoms in total. The van der Waals surface area contributed by atoms with Crippen LogP contribution in [-0.4, -0.2) is 0 Å². The number of benzene rings is 1. The molecule has 0 saturated heterocycles. The van der Waals surface area contributed by atoms with Crippen molar-refractivity contribution in [3.8, 4) is 11.8 Å². The third kappa shape index (κ3) is 2.35. The Balaban J connectivity index is 2.76. The van der Waals surface area contributed by atoms with Crippen LogP contribution in [0.5, 0.6) is 0 Å². The van der Waals surface area contributed by atoms with E-state index < -0.39 is 0 Å². The van der Waals surface area contributed by atoms with Crippen LogP contribution in [0.25, 0.3) is 0 Å². The number of nitrogens with two attached hydrogens (primary N) is 1. The van der Waals surface area contributed by atoms with E-state index in [0.29, 0.717) is 0 Å². The Hall–Kier alpha value is -1.42. The SMILES string of the molecule is CC#CCc1cccc(N)c1. The Bertz CT molecular complexity index is 291. The number of hydrogen-bond donors (Lipinski definition) is 1. The van der Waals surface area contributed by atoms with Gasteiger partial charge in [-0.05, 0) is 24.6 Å². The average Bonchev–Trinajstić information content (AvgIpc) is 2.01. The predicted molar refractivity (Wildman–Crippen MR) is 48.0 cm³/mol. The Morgan fingerprint density at radius 1 is 1.45 bits per heavy atom. The van der Waals surface area contributed by atoms with Gasteiger partial charge in [0.1, 0.15) is 0 Å². The largest absolute Gasteiger partial charge is 0.399 e. The molecule has 0 heterocycles. The maximum absolute atomic E-state index is 5.58. The van der Waals surface area contributed by atoms with Crippen LogP contribution in [0, 0.1) is 11.8 Å². The molecule has 11 heavy (non-hydrogen) atoms. The van der Waals surface area contributed by atoms with Gasteiger partial charge in [0, 0.05) is 12.1 Å². The van der Waals surface area contributed by atoms with Gasteiger partial charge in [-0.1, -0.05) is 18.1 Å². The van der Waals surface area contributed by atoms with Gasteiger partial charge in [0.05, 0.1) is 0 Å². The van der Waals surface area contributed by atoms with Crippen molar-refractivity contribution in [3.63, 3.8) is 0 Å². The van der Waals surface area contributed by atoms with Crippen LogP contribution >= 0.6 is 0 Å². The molecular formula is C10H11N. The lowest BCUT2D eigenvalue weighted by Gasteiger charge is -1.95. The zero-order chi connectivity index (χ0) is 8.10. The molecule has 0 aliphatic rings. The molecule has 0 bridgehead atoms. The van der Waals surface area contributed by atoms with Gasteiger partial charge in [0.15, 0.2) is 0 Å². The zero-order valence-corrected chi connectivity index (χ0v) is 6.59. The number of nitrogen functional groups attached to an aromatic ring is 1. The van der Waals surface area contributed by atoms with Gasteiger partial charge in [-0.25, -0.2) is 0 Å². The summed E-state index contributed by atoms with van der Waals surface area (Å²) in [4.78, 5) is 0. The molecule has 1 rings (SSSR count). The molecule has 56 valence electrons. The second-order valence-corrected chi connectivity index (χ2v) is 2.35. The standard InChI is InChI=1S/C10H11N/c1-2-3-5-9-6-4-7-10(11)8-9/h4,6-8H,5,11H2,1H3. The fourth-order valence-electron chi connectivity index (χ4n) is 0.894. The predicted octanol–water partition coefficient (Wildman–Crippen LogP) is 1.83. The first-order valence-electron chi connectivity index (χ1n) is 3.57. The first kappa shape index (κ1) is 7.68. The third-order valence-electron chi connectivity index (χ3n) is 1.42. The van der Waals surface area contributed by atoms with Crippen molar-refractivity contribution in [1.82, 2.24) is 0 Å². The molecule has 0 radical (unpaired) electrons. The first-order valence-corrected chi connectivity index (χ1v) is 3.57. The summed E-state index contributed by atoms with van der Waals surface area (Å²) in [6.07, 6.45) is 0.793. The Kier molecular flexibility index (Phi) is 2.57. The Morgan fingerprint density at radius 3 is 2.91 bits per heavy atom. The van der Waals surface area contributed by atoms with Gasteiger partial charge in [-0.15, -0.1) is 5.92 Å². The zero-order valence-electron chi connectivity index (χ0n) is 6.59. The minimum Gasteiger partial charge on any atom is -0.399 e. The van der Waals surface area contributed by atoms with Crippen LogP contribution in [0.3, 0.4) is 0 Å². The molecule has 0 unspecified atom stereocenters. The van der Waals surface area contributed by atoms with E-state index in [-0.39, 0.29) is 0 Å². The lowest BCUT2D eigenvalue weighted by molar-refractivity contribution is 1.32. The summed E-state index contributed by atoms with van der Waals surface area (Å²) in [5, 5.41) is 0. The van der Waals surface area contributed by atoms with E-state index in [0.717, 1.165) is 12.1 Å². The minimum absolute atomic E-state index is 0.793. The maximum Gasteiger partial charge on any atom is 0.0341 e. The molecule has 0 aliphatic carbocycles. The molecular weight excluding hydrogens is 134 g/mol. The summed E-state index contributed by atoms with van der Waals surface area (Å²) >= 11 is 0. The van der Waals surface area contributed by atoms with Crippen molar-refractivity contribution in [3.05, 3.63) is 29.8 Å². The summed E-state index contributed by atoms with van der Waals surface area (Å²) in [6.45, 7) is 1.84. The average molecular weight is 145 g/mol. The van der Waals surface area contributed by atoms with Gasteiger partial charge in [-0.3, -0.25) is 0 Å². The number of anilines is 1. The summed E-state index contributed by atoms with van der Waals surface area (Å²) in [7, 11) is 0. The van der Waals surface area contributed by atoms with Gasteiger partial charge >= 0.3 is 0 Å². The summed E-state index contributed by atoms with van der Waals surface area (Å²) < 4.78 is 0. The quantitative estimate of drug-likeness (QED) is 0.473. The molecule has 0 spiro atoms. The van der Waals surface area contributed by atoms with Crippen molar-refractivity contribution in [1.29, 1.82) is 0 Å². The van der Waals surface area contributed by atoms with E-state index >= 15 is 0 Å². The molecule has 1 aromatic rings. The van der Waals surface area contributed by atoms with E-state index in [2.05, 4.69) is 11.8 Å². The minimum atomic E-state index is 0.793. The molecule has 2 N–H and O–H groups in total. The lowest BCUT2D eigenvalue weighted by Crippen LogP contribution is -1.86. The lowest BCUT2D eigenvalue weighted by atomic mass is 10.1. The molecule has 0 fully saturated rings. The number of rotatable bonds is 1. The maximum atomic E-state index is 5.58. The third-order valence-corrected chi connectivity index (χ3v) is 1.42. The highest BCUT2D eigenvalue weighted by Crippen LogP contribution is 2.06. The van der Waals surface area contributed by atoms with Crippen LogP contribution in [-0.2, 0) is 6.42 Å². The van der Waals surface area contributed by atoms with E-state index in [1.54, 1.807) is 0 Å². The van der Waals surface area contributed by atoms with E-state index in [1.807, 2.05) is 31.2 Å². The van der Waals surface area contributed by atoms with Gasteiger partial charge in [-0.2, -0.15) is 0 Å². The van der Waals surface area contributed by atoms with Gasteiger partial charge < -0.3 is 5.73 Å². The summed E-state index contributed by atoms with van der Waals surface area (Å²) in [5.74, 6) is 5.83. The highest BCUT2D eigenvalue weighted by molar-refractivity contribution is 5.41. The van der Waals surface area contributed by atoms with Gasteiger partial charge in [0.2, 0.25) is 0 Å². The number of hydrogen-bond acceptors (Lipinski definition) is 1. The Labute approximate surface area is 67.2 Å². The van der Waals surface area contributed by atoms with Crippen LogP contribution < -0.4 is 5.73 Å². The fraction of sp³-hybridized carbons (Fsp3) is 0.200. The van der Waals surface area contributed by atoms with Crippen LogP contribution in [0.4, 0.5) is 5.69 Å². The van der Waals surface area contributed by atoms with E-state index in [9.17, 15) is 0 Å². The van der Waals surface area contributed by atoms with Crippen LogP contribution in [0.15, 0.2) is 24.3 Å². The normalized spacial score (nSPS) is 8.45. The van der Waals surface area contributed by atoms with Crippen LogP contribution in [0.1, 0.15) is 12.5 Å². The summed E-state index contributed by atoms with van der Waals surface area (Å²) in [5.41, 5.74) is 7.57. The molecule has 0 aromatic heterocycles.